The van der Waals surface area contributed by atoms with Crippen molar-refractivity contribution in [1.29, 1.82) is 0 Å². The molecule has 0 aromatic heterocycles. The van der Waals surface area contributed by atoms with Crippen LogP contribution in [0.1, 0.15) is 309 Å². The van der Waals surface area contributed by atoms with Crippen molar-refractivity contribution in [2.24, 2.45) is 0 Å². The van der Waals surface area contributed by atoms with Crippen LogP contribution < -0.4 is 5.32 Å². The molecule has 0 aliphatic carbocycles. The van der Waals surface area contributed by atoms with E-state index >= 15 is 0 Å². The number of allylic oxidation sites excluding steroid dienone is 4. The molecule has 444 valence electrons. The third-order valence-corrected chi connectivity index (χ3v) is 15.8. The highest BCUT2D eigenvalue weighted by Gasteiger charge is 2.44. The predicted molar refractivity (Wildman–Crippen MR) is 312 cm³/mol. The van der Waals surface area contributed by atoms with E-state index in [0.717, 1.165) is 51.4 Å². The lowest BCUT2D eigenvalue weighted by Gasteiger charge is -2.40. The summed E-state index contributed by atoms with van der Waals surface area (Å²) in [4.78, 5) is 13.2. The van der Waals surface area contributed by atoms with E-state index in [0.29, 0.717) is 19.3 Å². The summed E-state index contributed by atoms with van der Waals surface area (Å²) in [6.07, 6.45) is 53.8. The van der Waals surface area contributed by atoms with Crippen LogP contribution in [0.4, 0.5) is 0 Å². The molecule has 11 nitrogen and oxygen atoms in total. The van der Waals surface area contributed by atoms with Crippen LogP contribution in [0.25, 0.3) is 0 Å². The van der Waals surface area contributed by atoms with Gasteiger partial charge in [-0.15, -0.1) is 0 Å². The van der Waals surface area contributed by atoms with Crippen LogP contribution in [0.5, 0.6) is 0 Å². The number of rotatable bonds is 56. The van der Waals surface area contributed by atoms with Gasteiger partial charge in [-0.1, -0.05) is 289 Å². The summed E-state index contributed by atoms with van der Waals surface area (Å²) in [5.74, 6) is -0.697. The molecule has 0 spiro atoms. The molecular formula is C64H123NO10. The summed E-state index contributed by atoms with van der Waals surface area (Å²) < 4.78 is 11.2. The van der Waals surface area contributed by atoms with Gasteiger partial charge >= 0.3 is 0 Å². The molecule has 11 heteroatoms. The standard InChI is InChI=1S/C64H123NO10/c1-3-5-7-9-11-13-15-17-19-21-23-25-27-29-31-33-35-37-39-41-43-45-47-49-51-56(67)59(69)55(54-74-64-62(72)61(71)60(70)58(53-66)75-64)65-63(73)57(68)52-50-48-46-44-42-40-38-36-34-32-30-28-26-24-22-20-18-16-14-12-10-8-6-4-2/h24,26,30,32,55-62,64,66-72H,3-23,25,27-29,31,33-54H2,1-2H3,(H,65,73)/b26-24-,32-30-. The Labute approximate surface area is 461 Å². The van der Waals surface area contributed by atoms with E-state index in [1.807, 2.05) is 0 Å². The number of unbranched alkanes of at least 4 members (excludes halogenated alkanes) is 40. The number of nitrogens with one attached hydrogen (secondary N) is 1. The van der Waals surface area contributed by atoms with Gasteiger partial charge in [-0.25, -0.2) is 0 Å². The number of carbonyl (C=O) groups excluding carboxylic acids is 1. The average molecular weight is 1070 g/mol. The molecule has 8 N–H and O–H groups in total. The fourth-order valence-electron chi connectivity index (χ4n) is 10.5. The second-order valence-electron chi connectivity index (χ2n) is 22.8. The number of carbonyl (C=O) groups is 1. The van der Waals surface area contributed by atoms with Gasteiger partial charge in [0.05, 0.1) is 25.4 Å². The van der Waals surface area contributed by atoms with E-state index in [1.165, 1.54) is 218 Å². The maximum atomic E-state index is 13.2. The SMILES string of the molecule is CCCCCCCCCCC/C=C\C/C=C\CCCCCCCCCCC(O)C(=O)NC(COC1OC(CO)C(O)C(O)C1O)C(O)C(O)CCCCCCCCCCCCCCCCCCCCCCCCCC. The molecule has 1 heterocycles. The molecular weight excluding hydrogens is 943 g/mol. The van der Waals surface area contributed by atoms with Gasteiger partial charge in [0.1, 0.15) is 36.6 Å². The number of hydrogen-bond donors (Lipinski definition) is 8. The number of aliphatic hydroxyl groups is 7. The van der Waals surface area contributed by atoms with Gasteiger partial charge in [-0.05, 0) is 44.9 Å². The Morgan fingerprint density at radius 3 is 1.19 bits per heavy atom. The Bertz CT molecular complexity index is 1270. The van der Waals surface area contributed by atoms with Crippen molar-refractivity contribution in [3.63, 3.8) is 0 Å². The van der Waals surface area contributed by atoms with Crippen LogP contribution in [0.15, 0.2) is 24.3 Å². The Kier molecular flexibility index (Phi) is 50.8. The maximum absolute atomic E-state index is 13.2. The molecule has 0 saturated carbocycles. The smallest absolute Gasteiger partial charge is 0.249 e. The van der Waals surface area contributed by atoms with Crippen molar-refractivity contribution in [2.75, 3.05) is 13.2 Å². The molecule has 1 saturated heterocycles. The fraction of sp³-hybridized carbons (Fsp3) is 0.922. The number of ether oxygens (including phenoxy) is 2. The van der Waals surface area contributed by atoms with Crippen molar-refractivity contribution in [3.05, 3.63) is 24.3 Å². The molecule has 9 atom stereocenters. The monoisotopic (exact) mass is 1070 g/mol. The third kappa shape index (κ3) is 41.3. The molecule has 9 unspecified atom stereocenters. The minimum Gasteiger partial charge on any atom is -0.394 e. The molecule has 1 aliphatic rings. The quantitative estimate of drug-likeness (QED) is 0.0215. The Morgan fingerprint density at radius 2 is 0.813 bits per heavy atom. The van der Waals surface area contributed by atoms with Gasteiger partial charge in [-0.3, -0.25) is 4.79 Å². The number of hydrogen-bond acceptors (Lipinski definition) is 10. The van der Waals surface area contributed by atoms with Crippen LogP contribution in [0, 0.1) is 0 Å². The first kappa shape index (κ1) is 71.6. The lowest BCUT2D eigenvalue weighted by Crippen LogP contribution is -2.60. The molecule has 0 radical (unpaired) electrons. The first-order valence-corrected chi connectivity index (χ1v) is 32.2. The molecule has 0 aromatic carbocycles. The normalized spacial score (nSPS) is 19.8. The number of amides is 1. The van der Waals surface area contributed by atoms with Gasteiger partial charge in [0, 0.05) is 0 Å². The summed E-state index contributed by atoms with van der Waals surface area (Å²) in [6, 6.07) is -1.17. The van der Waals surface area contributed by atoms with E-state index in [-0.39, 0.29) is 6.42 Å². The van der Waals surface area contributed by atoms with Gasteiger partial charge in [0.2, 0.25) is 5.91 Å². The first-order valence-electron chi connectivity index (χ1n) is 32.2. The molecule has 0 bridgehead atoms. The maximum Gasteiger partial charge on any atom is 0.249 e. The predicted octanol–water partition coefficient (Wildman–Crippen LogP) is 14.5. The summed E-state index contributed by atoms with van der Waals surface area (Å²) >= 11 is 0. The molecule has 1 fully saturated rings. The Morgan fingerprint density at radius 1 is 0.467 bits per heavy atom. The minimum atomic E-state index is -1.66. The van der Waals surface area contributed by atoms with E-state index < -0.39 is 74.2 Å². The average Bonchev–Trinajstić information content (AvgIpc) is 3.41. The van der Waals surface area contributed by atoms with Crippen LogP contribution in [0.3, 0.4) is 0 Å². The van der Waals surface area contributed by atoms with Crippen LogP contribution in [-0.2, 0) is 14.3 Å². The van der Waals surface area contributed by atoms with Gasteiger partial charge in [-0.2, -0.15) is 0 Å². The summed E-state index contributed by atoms with van der Waals surface area (Å²) in [7, 11) is 0. The van der Waals surface area contributed by atoms with Gasteiger partial charge < -0.3 is 50.5 Å². The summed E-state index contributed by atoms with van der Waals surface area (Å²) in [5, 5.41) is 76.4. The largest absolute Gasteiger partial charge is 0.394 e. The minimum absolute atomic E-state index is 0.255. The lowest BCUT2D eigenvalue weighted by molar-refractivity contribution is -0.303. The van der Waals surface area contributed by atoms with Crippen molar-refractivity contribution >= 4 is 5.91 Å². The van der Waals surface area contributed by atoms with E-state index in [1.54, 1.807) is 0 Å². The molecule has 1 rings (SSSR count). The number of aliphatic hydroxyl groups excluding tert-OH is 7. The highest BCUT2D eigenvalue weighted by Crippen LogP contribution is 2.24. The van der Waals surface area contributed by atoms with Crippen molar-refractivity contribution in [2.45, 2.75) is 364 Å². The molecule has 0 aromatic rings. The molecule has 75 heavy (non-hydrogen) atoms. The van der Waals surface area contributed by atoms with Crippen LogP contribution in [0.2, 0.25) is 0 Å². The zero-order chi connectivity index (χ0) is 54.7. The van der Waals surface area contributed by atoms with Crippen LogP contribution >= 0.6 is 0 Å². The summed E-state index contributed by atoms with van der Waals surface area (Å²) in [6.45, 7) is 3.50. The Balaban J connectivity index is 2.26. The van der Waals surface area contributed by atoms with E-state index in [2.05, 4.69) is 43.5 Å². The summed E-state index contributed by atoms with van der Waals surface area (Å²) in [5.41, 5.74) is 0. The second kappa shape index (κ2) is 53.2. The van der Waals surface area contributed by atoms with Crippen LogP contribution in [-0.4, -0.2) is 110 Å². The van der Waals surface area contributed by atoms with Crippen molar-refractivity contribution < 1.29 is 50.0 Å². The zero-order valence-electron chi connectivity index (χ0n) is 48.8. The fourth-order valence-corrected chi connectivity index (χ4v) is 10.5. The van der Waals surface area contributed by atoms with Crippen molar-refractivity contribution in [3.8, 4) is 0 Å². The second-order valence-corrected chi connectivity index (χ2v) is 22.8. The third-order valence-electron chi connectivity index (χ3n) is 15.8. The van der Waals surface area contributed by atoms with Crippen molar-refractivity contribution in [1.82, 2.24) is 5.32 Å². The lowest BCUT2D eigenvalue weighted by atomic mass is 9.98. The first-order chi connectivity index (χ1) is 36.7. The topological polar surface area (TPSA) is 189 Å². The van der Waals surface area contributed by atoms with E-state index in [4.69, 9.17) is 9.47 Å². The Hall–Kier alpha value is -1.41. The molecule has 1 aliphatic heterocycles. The highest BCUT2D eigenvalue weighted by atomic mass is 16.7. The van der Waals surface area contributed by atoms with Gasteiger partial charge in [0.25, 0.3) is 0 Å². The molecule has 1 amide bonds. The van der Waals surface area contributed by atoms with Gasteiger partial charge in [0.15, 0.2) is 6.29 Å². The highest BCUT2D eigenvalue weighted by molar-refractivity contribution is 5.80. The zero-order valence-corrected chi connectivity index (χ0v) is 48.8. The van der Waals surface area contributed by atoms with E-state index in [9.17, 15) is 40.5 Å².